The van der Waals surface area contributed by atoms with Crippen molar-refractivity contribution in [2.24, 2.45) is 0 Å². The third-order valence-corrected chi connectivity index (χ3v) is 6.67. The molecule has 2 N–H and O–H groups in total. The number of aromatic hydroxyl groups is 2. The minimum Gasteiger partial charge on any atom is -0.508 e. The summed E-state index contributed by atoms with van der Waals surface area (Å²) >= 11 is 0. The molecule has 4 aromatic rings. The Morgan fingerprint density at radius 2 is 0.605 bits per heavy atom. The van der Waals surface area contributed by atoms with E-state index in [1.165, 1.54) is 62.5 Å². The highest BCUT2D eigenvalue weighted by atomic mass is 16.5. The molecule has 0 heterocycles. The van der Waals surface area contributed by atoms with Crippen molar-refractivity contribution >= 4 is 0 Å². The van der Waals surface area contributed by atoms with Gasteiger partial charge in [-0.15, -0.1) is 0 Å². The van der Waals surface area contributed by atoms with Gasteiger partial charge in [-0.2, -0.15) is 0 Å². The molecule has 4 aromatic carbocycles. The fourth-order valence-corrected chi connectivity index (χ4v) is 4.47. The number of ether oxygens (including phenoxy) is 2. The molecule has 0 bridgehead atoms. The van der Waals surface area contributed by atoms with Crippen molar-refractivity contribution in [2.75, 3.05) is 0 Å². The Bertz CT molecular complexity index is 1100. The minimum atomic E-state index is 0.241. The van der Waals surface area contributed by atoms with Crippen LogP contribution in [0.1, 0.15) is 62.5 Å². The highest BCUT2D eigenvalue weighted by Crippen LogP contribution is 2.25. The Morgan fingerprint density at radius 1 is 0.342 bits per heavy atom. The van der Waals surface area contributed by atoms with E-state index in [4.69, 9.17) is 9.47 Å². The van der Waals surface area contributed by atoms with Crippen molar-refractivity contribution in [3.05, 3.63) is 108 Å². The Morgan fingerprint density at radius 3 is 0.921 bits per heavy atom. The molecule has 4 heteroatoms. The van der Waals surface area contributed by atoms with Crippen LogP contribution >= 0.6 is 0 Å². The molecular formula is C34H38O4. The van der Waals surface area contributed by atoms with E-state index in [0.29, 0.717) is 0 Å². The molecule has 0 saturated carbocycles. The largest absolute Gasteiger partial charge is 0.508 e. The maximum Gasteiger partial charge on any atom is 0.127 e. The number of benzene rings is 4. The summed E-state index contributed by atoms with van der Waals surface area (Å²) < 4.78 is 11.6. The molecule has 0 fully saturated rings. The minimum absolute atomic E-state index is 0.241. The van der Waals surface area contributed by atoms with Crippen LogP contribution in [-0.2, 0) is 12.8 Å². The second-order valence-electron chi connectivity index (χ2n) is 9.81. The van der Waals surface area contributed by atoms with Gasteiger partial charge in [-0.05, 0) is 110 Å². The summed E-state index contributed by atoms with van der Waals surface area (Å²) in [7, 11) is 0. The molecule has 0 spiro atoms. The van der Waals surface area contributed by atoms with Gasteiger partial charge in [0.1, 0.15) is 34.5 Å². The average molecular weight is 511 g/mol. The molecule has 4 nitrogen and oxygen atoms in total. The zero-order valence-electron chi connectivity index (χ0n) is 22.0. The van der Waals surface area contributed by atoms with E-state index in [9.17, 15) is 10.2 Å². The molecule has 4 rings (SSSR count). The Hall–Kier alpha value is -3.92. The number of hydrogen-bond donors (Lipinski definition) is 2. The van der Waals surface area contributed by atoms with Crippen LogP contribution in [0.5, 0.6) is 34.5 Å². The molecule has 0 aliphatic heterocycles. The van der Waals surface area contributed by atoms with Gasteiger partial charge in [0.15, 0.2) is 0 Å². The van der Waals surface area contributed by atoms with Crippen LogP contribution < -0.4 is 9.47 Å². The van der Waals surface area contributed by atoms with Crippen molar-refractivity contribution in [3.8, 4) is 34.5 Å². The number of hydrogen-bond acceptors (Lipinski definition) is 4. The molecule has 0 amide bonds. The summed E-state index contributed by atoms with van der Waals surface area (Å²) in [5.41, 5.74) is 2.70. The van der Waals surface area contributed by atoms with Crippen LogP contribution in [0.2, 0.25) is 0 Å². The van der Waals surface area contributed by atoms with Crippen LogP contribution in [-0.4, -0.2) is 10.2 Å². The first-order valence-corrected chi connectivity index (χ1v) is 13.8. The van der Waals surface area contributed by atoms with Crippen molar-refractivity contribution in [1.29, 1.82) is 0 Å². The standard InChI is InChI=1S/C34H38O4/c35-29-15-23-33(24-16-29)37-31-19-11-27(12-20-31)9-7-5-3-1-2-4-6-8-10-28-13-21-32(22-14-28)38-34-25-17-30(36)18-26-34/h11-26,35-36H,1-10H2. The normalized spacial score (nSPS) is 10.8. The first kappa shape index (κ1) is 27.1. The molecule has 38 heavy (non-hydrogen) atoms. The van der Waals surface area contributed by atoms with E-state index in [2.05, 4.69) is 24.3 Å². The summed E-state index contributed by atoms with van der Waals surface area (Å²) in [4.78, 5) is 0. The molecule has 0 aliphatic rings. The smallest absolute Gasteiger partial charge is 0.127 e. The Labute approximate surface area is 226 Å². The average Bonchev–Trinajstić information content (AvgIpc) is 2.94. The fourth-order valence-electron chi connectivity index (χ4n) is 4.47. The second-order valence-corrected chi connectivity index (χ2v) is 9.81. The monoisotopic (exact) mass is 510 g/mol. The van der Waals surface area contributed by atoms with Gasteiger partial charge in [-0.3, -0.25) is 0 Å². The summed E-state index contributed by atoms with van der Waals surface area (Å²) in [6, 6.07) is 30.2. The van der Waals surface area contributed by atoms with Crippen LogP contribution in [0.25, 0.3) is 0 Å². The van der Waals surface area contributed by atoms with Gasteiger partial charge in [0.2, 0.25) is 0 Å². The summed E-state index contributed by atoms with van der Waals surface area (Å²) in [5.74, 6) is 3.56. The molecule has 0 unspecified atom stereocenters. The van der Waals surface area contributed by atoms with Crippen molar-refractivity contribution in [1.82, 2.24) is 0 Å². The van der Waals surface area contributed by atoms with Crippen LogP contribution in [0, 0.1) is 0 Å². The maximum absolute atomic E-state index is 9.37. The summed E-state index contributed by atoms with van der Waals surface area (Å²) in [6.45, 7) is 0. The summed E-state index contributed by atoms with van der Waals surface area (Å²) in [6.07, 6.45) is 12.5. The number of unbranched alkanes of at least 4 members (excludes halogenated alkanes) is 7. The van der Waals surface area contributed by atoms with Gasteiger partial charge in [0.05, 0.1) is 0 Å². The molecule has 0 radical (unpaired) electrons. The number of aryl methyl sites for hydroxylation is 2. The van der Waals surface area contributed by atoms with E-state index < -0.39 is 0 Å². The summed E-state index contributed by atoms with van der Waals surface area (Å²) in [5, 5.41) is 18.7. The maximum atomic E-state index is 9.37. The first-order valence-electron chi connectivity index (χ1n) is 13.8. The van der Waals surface area contributed by atoms with Crippen molar-refractivity contribution in [3.63, 3.8) is 0 Å². The SMILES string of the molecule is Oc1ccc(Oc2ccc(CCCCCCCCCCc3ccc(Oc4ccc(O)cc4)cc3)cc2)cc1. The molecule has 0 saturated heterocycles. The highest BCUT2D eigenvalue weighted by Gasteiger charge is 2.01. The van der Waals surface area contributed by atoms with Gasteiger partial charge >= 0.3 is 0 Å². The van der Waals surface area contributed by atoms with Gasteiger partial charge < -0.3 is 19.7 Å². The van der Waals surface area contributed by atoms with Gasteiger partial charge in [0, 0.05) is 0 Å². The first-order chi connectivity index (χ1) is 18.6. The Balaban J connectivity index is 1.00. The molecule has 0 aromatic heterocycles. The number of phenols is 2. The van der Waals surface area contributed by atoms with Crippen molar-refractivity contribution < 1.29 is 19.7 Å². The molecule has 0 atom stereocenters. The molecular weight excluding hydrogens is 472 g/mol. The third kappa shape index (κ3) is 9.51. The zero-order valence-corrected chi connectivity index (χ0v) is 22.0. The third-order valence-electron chi connectivity index (χ3n) is 6.67. The quantitative estimate of drug-likeness (QED) is 0.156. The van der Waals surface area contributed by atoms with Crippen LogP contribution in [0.15, 0.2) is 97.1 Å². The van der Waals surface area contributed by atoms with E-state index in [-0.39, 0.29) is 11.5 Å². The topological polar surface area (TPSA) is 58.9 Å². The predicted molar refractivity (Wildman–Crippen MR) is 154 cm³/mol. The van der Waals surface area contributed by atoms with E-state index >= 15 is 0 Å². The lowest BCUT2D eigenvalue weighted by Gasteiger charge is -2.08. The lowest BCUT2D eigenvalue weighted by Crippen LogP contribution is -1.89. The zero-order chi connectivity index (χ0) is 26.4. The predicted octanol–water partition coefficient (Wildman–Crippen LogP) is 9.59. The molecule has 0 aliphatic carbocycles. The van der Waals surface area contributed by atoms with Gasteiger partial charge in [0.25, 0.3) is 0 Å². The highest BCUT2D eigenvalue weighted by molar-refractivity contribution is 5.37. The van der Waals surface area contributed by atoms with E-state index in [1.54, 1.807) is 48.5 Å². The van der Waals surface area contributed by atoms with E-state index in [0.717, 1.165) is 35.8 Å². The van der Waals surface area contributed by atoms with Crippen LogP contribution in [0.3, 0.4) is 0 Å². The number of rotatable bonds is 15. The Kier molecular flexibility index (Phi) is 10.5. The van der Waals surface area contributed by atoms with Crippen LogP contribution in [0.4, 0.5) is 0 Å². The van der Waals surface area contributed by atoms with Gasteiger partial charge in [-0.1, -0.05) is 62.8 Å². The lowest BCUT2D eigenvalue weighted by molar-refractivity contribution is 0.464. The molecule has 198 valence electrons. The lowest BCUT2D eigenvalue weighted by atomic mass is 10.0. The van der Waals surface area contributed by atoms with E-state index in [1.807, 2.05) is 24.3 Å². The fraction of sp³-hybridized carbons (Fsp3) is 0.294. The number of phenolic OH excluding ortho intramolecular Hbond substituents is 2. The van der Waals surface area contributed by atoms with Crippen molar-refractivity contribution in [2.45, 2.75) is 64.2 Å². The van der Waals surface area contributed by atoms with Gasteiger partial charge in [-0.25, -0.2) is 0 Å². The second kappa shape index (κ2) is 14.7.